The van der Waals surface area contributed by atoms with Gasteiger partial charge in [0.05, 0.1) is 11.6 Å². The van der Waals surface area contributed by atoms with Crippen molar-refractivity contribution in [3.63, 3.8) is 0 Å². The summed E-state index contributed by atoms with van der Waals surface area (Å²) >= 11 is 0. The molecule has 138 valence electrons. The van der Waals surface area contributed by atoms with Crippen LogP contribution in [0.25, 0.3) is 10.9 Å². The second kappa shape index (κ2) is 7.18. The van der Waals surface area contributed by atoms with Crippen molar-refractivity contribution >= 4 is 10.9 Å². The van der Waals surface area contributed by atoms with E-state index in [-0.39, 0.29) is 6.04 Å². The van der Waals surface area contributed by atoms with Crippen molar-refractivity contribution in [3.8, 4) is 11.5 Å². The van der Waals surface area contributed by atoms with Gasteiger partial charge in [0.15, 0.2) is 11.5 Å². The van der Waals surface area contributed by atoms with Crippen LogP contribution in [0.5, 0.6) is 11.5 Å². The summed E-state index contributed by atoms with van der Waals surface area (Å²) in [6.45, 7) is 4.44. The van der Waals surface area contributed by atoms with E-state index >= 15 is 0 Å². The summed E-state index contributed by atoms with van der Waals surface area (Å²) in [7, 11) is 0. The minimum Gasteiger partial charge on any atom is -0.454 e. The molecule has 1 atom stereocenters. The van der Waals surface area contributed by atoms with Crippen molar-refractivity contribution in [1.82, 2.24) is 15.2 Å². The third kappa shape index (κ3) is 3.13. The summed E-state index contributed by atoms with van der Waals surface area (Å²) in [5.74, 6) is 1.67. The van der Waals surface area contributed by atoms with Crippen LogP contribution in [-0.2, 0) is 0 Å². The van der Waals surface area contributed by atoms with Gasteiger partial charge >= 0.3 is 0 Å². The average molecular weight is 361 g/mol. The Bertz CT molecular complexity index is 946. The standard InChI is InChI=1S/C22H23N3O2/c1-2-5-19-17(4-1)18(8-10-24-19)22(25-12-3-9-23-11-13-25)16-6-7-20-21(14-16)27-15-26-20/h1-2,4-8,10,14,22-23H,3,9,11-13,15H2. The van der Waals surface area contributed by atoms with Crippen molar-refractivity contribution in [1.29, 1.82) is 0 Å². The van der Waals surface area contributed by atoms with Crippen molar-refractivity contribution in [2.45, 2.75) is 12.5 Å². The van der Waals surface area contributed by atoms with Crippen molar-refractivity contribution < 1.29 is 9.47 Å². The van der Waals surface area contributed by atoms with Crippen molar-refractivity contribution in [3.05, 3.63) is 65.9 Å². The van der Waals surface area contributed by atoms with Gasteiger partial charge in [-0.2, -0.15) is 0 Å². The molecule has 3 heterocycles. The molecule has 2 aliphatic heterocycles. The van der Waals surface area contributed by atoms with E-state index in [9.17, 15) is 0 Å². The Labute approximate surface area is 158 Å². The molecule has 1 N–H and O–H groups in total. The lowest BCUT2D eigenvalue weighted by atomic mass is 9.93. The van der Waals surface area contributed by atoms with Gasteiger partial charge in [-0.05, 0) is 48.4 Å². The molecular weight excluding hydrogens is 338 g/mol. The molecule has 3 aromatic rings. The number of fused-ring (bicyclic) bond motifs is 2. The van der Waals surface area contributed by atoms with Gasteiger partial charge in [0.2, 0.25) is 6.79 Å². The Morgan fingerprint density at radius 3 is 2.89 bits per heavy atom. The van der Waals surface area contributed by atoms with Crippen molar-refractivity contribution in [2.24, 2.45) is 0 Å². The van der Waals surface area contributed by atoms with E-state index in [1.54, 1.807) is 0 Å². The number of hydrogen-bond donors (Lipinski definition) is 1. The molecule has 5 rings (SSSR count). The van der Waals surface area contributed by atoms with Crippen LogP contribution < -0.4 is 14.8 Å². The third-order valence-corrected chi connectivity index (χ3v) is 5.43. The molecule has 0 aliphatic carbocycles. The van der Waals surface area contributed by atoms with E-state index in [1.807, 2.05) is 18.3 Å². The van der Waals surface area contributed by atoms with Gasteiger partial charge in [0, 0.05) is 31.2 Å². The first kappa shape index (κ1) is 16.5. The van der Waals surface area contributed by atoms with Gasteiger partial charge in [-0.25, -0.2) is 0 Å². The van der Waals surface area contributed by atoms with Crippen LogP contribution >= 0.6 is 0 Å². The molecule has 1 fully saturated rings. The van der Waals surface area contributed by atoms with E-state index < -0.39 is 0 Å². The highest BCUT2D eigenvalue weighted by molar-refractivity contribution is 5.82. The lowest BCUT2D eigenvalue weighted by Crippen LogP contribution is -2.33. The van der Waals surface area contributed by atoms with Crippen LogP contribution in [0.3, 0.4) is 0 Å². The zero-order valence-corrected chi connectivity index (χ0v) is 15.2. The summed E-state index contributed by atoms with van der Waals surface area (Å²) in [6, 6.07) is 17.1. The van der Waals surface area contributed by atoms with Gasteiger partial charge in [0.1, 0.15) is 0 Å². The van der Waals surface area contributed by atoms with E-state index in [0.717, 1.165) is 49.6 Å². The Balaban J connectivity index is 1.65. The predicted octanol–water partition coefficient (Wildman–Crippen LogP) is 3.35. The molecule has 5 heteroatoms. The lowest BCUT2D eigenvalue weighted by molar-refractivity contribution is 0.174. The number of hydrogen-bond acceptors (Lipinski definition) is 5. The van der Waals surface area contributed by atoms with Gasteiger partial charge in [0.25, 0.3) is 0 Å². The van der Waals surface area contributed by atoms with Crippen LogP contribution in [0, 0.1) is 0 Å². The Morgan fingerprint density at radius 2 is 1.89 bits per heavy atom. The van der Waals surface area contributed by atoms with E-state index in [0.29, 0.717) is 6.79 Å². The summed E-state index contributed by atoms with van der Waals surface area (Å²) in [4.78, 5) is 7.13. The molecule has 1 saturated heterocycles. The second-order valence-corrected chi connectivity index (χ2v) is 7.07. The third-order valence-electron chi connectivity index (χ3n) is 5.43. The maximum Gasteiger partial charge on any atom is 0.231 e. The van der Waals surface area contributed by atoms with E-state index in [2.05, 4.69) is 51.6 Å². The number of rotatable bonds is 3. The number of nitrogens with zero attached hydrogens (tertiary/aromatic N) is 2. The van der Waals surface area contributed by atoms with E-state index in [1.165, 1.54) is 16.5 Å². The summed E-state index contributed by atoms with van der Waals surface area (Å²) in [5, 5.41) is 4.72. The molecule has 5 nitrogen and oxygen atoms in total. The highest BCUT2D eigenvalue weighted by Crippen LogP contribution is 2.39. The van der Waals surface area contributed by atoms with Crippen LogP contribution in [0.2, 0.25) is 0 Å². The first-order valence-electron chi connectivity index (χ1n) is 9.58. The molecule has 1 unspecified atom stereocenters. The summed E-state index contributed by atoms with van der Waals surface area (Å²) in [5.41, 5.74) is 3.56. The van der Waals surface area contributed by atoms with Crippen LogP contribution in [0.15, 0.2) is 54.7 Å². The predicted molar refractivity (Wildman–Crippen MR) is 105 cm³/mol. The quantitative estimate of drug-likeness (QED) is 0.775. The molecule has 0 amide bonds. The monoisotopic (exact) mass is 361 g/mol. The fraction of sp³-hybridized carbons (Fsp3) is 0.318. The SMILES string of the molecule is c1ccc2c(C(c3ccc4c(c3)OCO4)N3CCCNCC3)ccnc2c1. The van der Waals surface area contributed by atoms with Gasteiger partial charge in [-0.1, -0.05) is 24.3 Å². The number of benzene rings is 2. The highest BCUT2D eigenvalue weighted by atomic mass is 16.7. The number of ether oxygens (including phenoxy) is 2. The molecule has 0 radical (unpaired) electrons. The fourth-order valence-corrected chi connectivity index (χ4v) is 4.15. The van der Waals surface area contributed by atoms with Crippen molar-refractivity contribution in [2.75, 3.05) is 33.0 Å². The van der Waals surface area contributed by atoms with E-state index in [4.69, 9.17) is 9.47 Å². The van der Waals surface area contributed by atoms with Crippen LogP contribution in [-0.4, -0.2) is 42.9 Å². The first-order valence-corrected chi connectivity index (χ1v) is 9.58. The molecule has 27 heavy (non-hydrogen) atoms. The second-order valence-electron chi connectivity index (χ2n) is 7.07. The minimum atomic E-state index is 0.160. The largest absolute Gasteiger partial charge is 0.454 e. The van der Waals surface area contributed by atoms with Gasteiger partial charge in [-0.3, -0.25) is 9.88 Å². The molecular formula is C22H23N3O2. The topological polar surface area (TPSA) is 46.6 Å². The smallest absolute Gasteiger partial charge is 0.231 e. The number of aromatic nitrogens is 1. The molecule has 0 spiro atoms. The summed E-state index contributed by atoms with van der Waals surface area (Å²) < 4.78 is 11.2. The lowest BCUT2D eigenvalue weighted by Gasteiger charge is -2.32. The molecule has 2 aliphatic rings. The Kier molecular flexibility index (Phi) is 4.40. The minimum absolute atomic E-state index is 0.160. The van der Waals surface area contributed by atoms with Crippen LogP contribution in [0.4, 0.5) is 0 Å². The number of para-hydroxylation sites is 1. The Hall–Kier alpha value is -2.63. The zero-order chi connectivity index (χ0) is 18.1. The first-order chi connectivity index (χ1) is 13.4. The van der Waals surface area contributed by atoms with Gasteiger partial charge < -0.3 is 14.8 Å². The maximum absolute atomic E-state index is 5.66. The van der Waals surface area contributed by atoms with Gasteiger partial charge in [-0.15, -0.1) is 0 Å². The molecule has 0 saturated carbocycles. The molecule has 0 bridgehead atoms. The molecule has 1 aromatic heterocycles. The highest BCUT2D eigenvalue weighted by Gasteiger charge is 2.27. The number of nitrogens with one attached hydrogen (secondary N) is 1. The molecule has 2 aromatic carbocycles. The normalized spacial score (nSPS) is 18.4. The Morgan fingerprint density at radius 1 is 0.963 bits per heavy atom. The van der Waals surface area contributed by atoms with Crippen LogP contribution in [0.1, 0.15) is 23.6 Å². The number of pyridine rings is 1. The fourth-order valence-electron chi connectivity index (χ4n) is 4.15. The average Bonchev–Trinajstić information content (AvgIpc) is 3.02. The zero-order valence-electron chi connectivity index (χ0n) is 15.2. The maximum atomic E-state index is 5.66. The summed E-state index contributed by atoms with van der Waals surface area (Å²) in [6.07, 6.45) is 3.07.